The molecule has 0 aliphatic rings. The number of H-pyrrole nitrogens is 1. The van der Waals surface area contributed by atoms with Crippen molar-refractivity contribution in [3.8, 4) is 10.6 Å². The summed E-state index contributed by atoms with van der Waals surface area (Å²) in [4.78, 5) is 11.8. The summed E-state index contributed by atoms with van der Waals surface area (Å²) in [7, 11) is 0. The molecular weight excluding hydrogens is 300 g/mol. The molecule has 3 rings (SSSR count). The van der Waals surface area contributed by atoms with E-state index in [9.17, 15) is 4.79 Å². The van der Waals surface area contributed by atoms with Gasteiger partial charge in [-0.1, -0.05) is 41.1 Å². The first-order valence-electron chi connectivity index (χ1n) is 5.49. The molecule has 2 N–H and O–H groups in total. The molecule has 0 aliphatic heterocycles. The third-order valence-electron chi connectivity index (χ3n) is 2.40. The molecule has 1 amide bonds. The third kappa shape index (κ3) is 2.51. The van der Waals surface area contributed by atoms with E-state index in [1.165, 1.54) is 17.5 Å². The highest BCUT2D eigenvalue weighted by Gasteiger charge is 2.14. The van der Waals surface area contributed by atoms with Crippen molar-refractivity contribution in [3.05, 3.63) is 41.2 Å². The molecule has 0 aliphatic carbocycles. The highest BCUT2D eigenvalue weighted by molar-refractivity contribution is 7.18. The van der Waals surface area contributed by atoms with E-state index in [0.717, 1.165) is 5.56 Å². The van der Waals surface area contributed by atoms with E-state index >= 15 is 0 Å². The van der Waals surface area contributed by atoms with Crippen LogP contribution in [0.5, 0.6) is 0 Å². The standard InChI is InChI=1S/C11H7ClN6OS/c12-7-4-2-1-3-6(7)10-16-17-11(20-10)14-9(19)8-5-13-18-15-8/h1-5H,(H,13,15,18)(H,14,17,19). The predicted molar refractivity (Wildman–Crippen MR) is 74.7 cm³/mol. The van der Waals surface area contributed by atoms with E-state index in [2.05, 4.69) is 30.9 Å². The van der Waals surface area contributed by atoms with Crippen LogP contribution in [0.4, 0.5) is 5.13 Å². The molecule has 20 heavy (non-hydrogen) atoms. The first kappa shape index (κ1) is 12.7. The second kappa shape index (κ2) is 5.35. The molecule has 100 valence electrons. The number of aromatic nitrogens is 5. The minimum Gasteiger partial charge on any atom is -0.295 e. The van der Waals surface area contributed by atoms with Crippen LogP contribution in [0.1, 0.15) is 10.5 Å². The van der Waals surface area contributed by atoms with Crippen molar-refractivity contribution in [2.75, 3.05) is 5.32 Å². The Bertz CT molecular complexity index is 741. The van der Waals surface area contributed by atoms with Crippen LogP contribution in [-0.4, -0.2) is 31.5 Å². The Labute approximate surface area is 122 Å². The van der Waals surface area contributed by atoms with Crippen molar-refractivity contribution in [1.82, 2.24) is 25.6 Å². The number of rotatable bonds is 3. The van der Waals surface area contributed by atoms with Crippen LogP contribution in [0.25, 0.3) is 10.6 Å². The molecule has 0 atom stereocenters. The molecule has 1 aromatic carbocycles. The van der Waals surface area contributed by atoms with Crippen molar-refractivity contribution in [1.29, 1.82) is 0 Å². The highest BCUT2D eigenvalue weighted by atomic mass is 35.5. The lowest BCUT2D eigenvalue weighted by atomic mass is 10.2. The molecule has 0 fully saturated rings. The zero-order valence-electron chi connectivity index (χ0n) is 9.87. The van der Waals surface area contributed by atoms with Crippen LogP contribution in [0.2, 0.25) is 5.02 Å². The lowest BCUT2D eigenvalue weighted by Crippen LogP contribution is -2.12. The fourth-order valence-electron chi connectivity index (χ4n) is 1.49. The van der Waals surface area contributed by atoms with Gasteiger partial charge in [-0.25, -0.2) is 0 Å². The Hall–Kier alpha value is -2.32. The molecule has 0 bridgehead atoms. The Morgan fingerprint density at radius 2 is 2.15 bits per heavy atom. The van der Waals surface area contributed by atoms with Crippen LogP contribution in [-0.2, 0) is 0 Å². The molecule has 3 aromatic rings. The van der Waals surface area contributed by atoms with Gasteiger partial charge in [0.2, 0.25) is 5.13 Å². The number of amides is 1. The number of hydrogen-bond acceptors (Lipinski definition) is 6. The van der Waals surface area contributed by atoms with Crippen LogP contribution in [0.15, 0.2) is 30.5 Å². The summed E-state index contributed by atoms with van der Waals surface area (Å²) >= 11 is 7.31. The van der Waals surface area contributed by atoms with E-state index in [4.69, 9.17) is 11.6 Å². The number of nitrogens with one attached hydrogen (secondary N) is 2. The van der Waals surface area contributed by atoms with Crippen molar-refractivity contribution in [2.45, 2.75) is 0 Å². The monoisotopic (exact) mass is 306 g/mol. The van der Waals surface area contributed by atoms with Gasteiger partial charge in [0, 0.05) is 5.56 Å². The van der Waals surface area contributed by atoms with Gasteiger partial charge in [0.05, 0.1) is 11.2 Å². The summed E-state index contributed by atoms with van der Waals surface area (Å²) in [5.41, 5.74) is 0.952. The Balaban J connectivity index is 1.81. The fourth-order valence-corrected chi connectivity index (χ4v) is 2.55. The van der Waals surface area contributed by atoms with Crippen LogP contribution in [0, 0.1) is 0 Å². The molecule has 2 heterocycles. The van der Waals surface area contributed by atoms with Gasteiger partial charge in [0.25, 0.3) is 5.91 Å². The van der Waals surface area contributed by atoms with E-state index in [1.807, 2.05) is 18.2 Å². The molecule has 2 aromatic heterocycles. The van der Waals surface area contributed by atoms with Gasteiger partial charge in [0.15, 0.2) is 10.7 Å². The number of benzene rings is 1. The lowest BCUT2D eigenvalue weighted by molar-refractivity contribution is 0.102. The summed E-state index contributed by atoms with van der Waals surface area (Å²) in [6, 6.07) is 7.30. The molecule has 0 radical (unpaired) electrons. The number of anilines is 1. The van der Waals surface area contributed by atoms with Gasteiger partial charge in [-0.3, -0.25) is 10.1 Å². The number of aromatic amines is 1. The number of nitrogens with zero attached hydrogens (tertiary/aromatic N) is 4. The van der Waals surface area contributed by atoms with E-state index < -0.39 is 5.91 Å². The molecule has 0 spiro atoms. The quantitative estimate of drug-likeness (QED) is 0.773. The normalized spacial score (nSPS) is 10.4. The molecule has 0 unspecified atom stereocenters. The lowest BCUT2D eigenvalue weighted by Gasteiger charge is -1.97. The first-order valence-corrected chi connectivity index (χ1v) is 6.69. The molecule has 7 nitrogen and oxygen atoms in total. The minimum atomic E-state index is -0.402. The third-order valence-corrected chi connectivity index (χ3v) is 3.60. The Kier molecular flexibility index (Phi) is 3.40. The van der Waals surface area contributed by atoms with Crippen molar-refractivity contribution < 1.29 is 4.79 Å². The van der Waals surface area contributed by atoms with Crippen LogP contribution in [0.3, 0.4) is 0 Å². The van der Waals surface area contributed by atoms with Crippen LogP contribution >= 0.6 is 22.9 Å². The smallest absolute Gasteiger partial charge is 0.279 e. The van der Waals surface area contributed by atoms with E-state index in [-0.39, 0.29) is 5.69 Å². The summed E-state index contributed by atoms with van der Waals surface area (Å²) in [6.07, 6.45) is 1.32. The molecule has 0 saturated heterocycles. The highest BCUT2D eigenvalue weighted by Crippen LogP contribution is 2.31. The summed E-state index contributed by atoms with van der Waals surface area (Å²) < 4.78 is 0. The number of carbonyl (C=O) groups is 1. The maximum Gasteiger partial charge on any atom is 0.279 e. The topological polar surface area (TPSA) is 96.5 Å². The van der Waals surface area contributed by atoms with Gasteiger partial charge in [-0.2, -0.15) is 15.4 Å². The van der Waals surface area contributed by atoms with E-state index in [1.54, 1.807) is 6.07 Å². The second-order valence-corrected chi connectivity index (χ2v) is 5.09. The Morgan fingerprint density at radius 3 is 2.90 bits per heavy atom. The Morgan fingerprint density at radius 1 is 1.30 bits per heavy atom. The zero-order valence-corrected chi connectivity index (χ0v) is 11.4. The number of halogens is 1. The molecular formula is C11H7ClN6OS. The summed E-state index contributed by atoms with van der Waals surface area (Å²) in [5.74, 6) is -0.402. The van der Waals surface area contributed by atoms with Gasteiger partial charge in [0.1, 0.15) is 0 Å². The SMILES string of the molecule is O=C(Nc1nnc(-c2ccccc2Cl)s1)c1cn[nH]n1. The molecule has 0 saturated carbocycles. The number of hydrogen-bond donors (Lipinski definition) is 2. The fraction of sp³-hybridized carbons (Fsp3) is 0. The first-order chi connectivity index (χ1) is 9.74. The maximum atomic E-state index is 11.8. The van der Waals surface area contributed by atoms with Crippen molar-refractivity contribution >= 4 is 34.0 Å². The summed E-state index contributed by atoms with van der Waals surface area (Å²) in [5, 5.41) is 21.7. The summed E-state index contributed by atoms with van der Waals surface area (Å²) in [6.45, 7) is 0. The average Bonchev–Trinajstić information content (AvgIpc) is 3.10. The van der Waals surface area contributed by atoms with Gasteiger partial charge < -0.3 is 0 Å². The average molecular weight is 307 g/mol. The second-order valence-electron chi connectivity index (χ2n) is 3.70. The number of carbonyl (C=O) groups excluding carboxylic acids is 1. The van der Waals surface area contributed by atoms with Crippen molar-refractivity contribution in [3.63, 3.8) is 0 Å². The van der Waals surface area contributed by atoms with E-state index in [0.29, 0.717) is 15.2 Å². The van der Waals surface area contributed by atoms with Crippen LogP contribution < -0.4 is 5.32 Å². The van der Waals surface area contributed by atoms with Crippen molar-refractivity contribution in [2.24, 2.45) is 0 Å². The minimum absolute atomic E-state index is 0.180. The maximum absolute atomic E-state index is 11.8. The van der Waals surface area contributed by atoms with Gasteiger partial charge >= 0.3 is 0 Å². The predicted octanol–water partition coefficient (Wildman–Crippen LogP) is 2.23. The largest absolute Gasteiger partial charge is 0.295 e. The van der Waals surface area contributed by atoms with Gasteiger partial charge in [-0.05, 0) is 6.07 Å². The zero-order chi connectivity index (χ0) is 13.9. The van der Waals surface area contributed by atoms with Gasteiger partial charge in [-0.15, -0.1) is 10.2 Å². The molecule has 9 heteroatoms.